The highest BCUT2D eigenvalue weighted by atomic mass is 19.4. The van der Waals surface area contributed by atoms with Crippen molar-refractivity contribution in [3.05, 3.63) is 78.4 Å². The van der Waals surface area contributed by atoms with Gasteiger partial charge in [0.15, 0.2) is 0 Å². The van der Waals surface area contributed by atoms with E-state index in [-0.39, 0.29) is 18.0 Å². The van der Waals surface area contributed by atoms with Crippen LogP contribution >= 0.6 is 0 Å². The van der Waals surface area contributed by atoms with Crippen LogP contribution in [0.25, 0.3) is 11.1 Å². The van der Waals surface area contributed by atoms with Crippen molar-refractivity contribution in [2.75, 3.05) is 18.0 Å². The van der Waals surface area contributed by atoms with E-state index >= 15 is 0 Å². The van der Waals surface area contributed by atoms with E-state index < -0.39 is 31.5 Å². The van der Waals surface area contributed by atoms with Crippen LogP contribution in [0, 0.1) is 0 Å². The van der Waals surface area contributed by atoms with E-state index in [1.54, 1.807) is 35.2 Å². The van der Waals surface area contributed by atoms with Crippen LogP contribution in [-0.4, -0.2) is 38.2 Å². The average molecular weight is 614 g/mol. The normalized spacial score (nSPS) is 13.3. The summed E-state index contributed by atoms with van der Waals surface area (Å²) in [5, 5.41) is 0. The summed E-state index contributed by atoms with van der Waals surface area (Å²) in [6, 6.07) is 17.6. The third-order valence-electron chi connectivity index (χ3n) is 5.64. The lowest BCUT2D eigenvalue weighted by Gasteiger charge is -2.33. The Morgan fingerprint density at radius 1 is 0.762 bits per heavy atom. The fraction of sp³-hybridized carbons (Fsp3) is 0.379. The van der Waals surface area contributed by atoms with Crippen LogP contribution < -0.4 is 14.4 Å². The first-order chi connectivity index (χ1) is 19.6. The van der Waals surface area contributed by atoms with Gasteiger partial charge < -0.3 is 14.4 Å². The Morgan fingerprint density at radius 2 is 1.38 bits per heavy atom. The van der Waals surface area contributed by atoms with Crippen LogP contribution in [-0.2, 0) is 6.42 Å². The van der Waals surface area contributed by atoms with E-state index in [0.717, 1.165) is 5.56 Å². The number of halogens is 10. The molecule has 0 amide bonds. The molecule has 0 atom stereocenters. The number of fused-ring (bicyclic) bond motifs is 1. The number of rotatable bonds is 7. The number of ether oxygens (including phenoxy) is 2. The molecule has 0 unspecified atom stereocenters. The predicted molar refractivity (Wildman–Crippen MR) is 139 cm³/mol. The summed E-state index contributed by atoms with van der Waals surface area (Å²) in [7, 11) is 0. The molecule has 232 valence electrons. The lowest BCUT2D eigenvalue weighted by molar-refractivity contribution is -0.274. The summed E-state index contributed by atoms with van der Waals surface area (Å²) in [6.07, 6.45) is -16.9. The summed E-state index contributed by atoms with van der Waals surface area (Å²) in [5.74, 6) is -0.616. The molecule has 42 heavy (non-hydrogen) atoms. The molecule has 0 fully saturated rings. The third kappa shape index (κ3) is 11.0. The molecular formula is C29H29F10NO2. The molecule has 0 saturated carbocycles. The highest BCUT2D eigenvalue weighted by molar-refractivity contribution is 5.76. The maximum absolute atomic E-state index is 12.6. The molecule has 0 aromatic heterocycles. The third-order valence-corrected chi connectivity index (χ3v) is 5.64. The molecule has 0 saturated heterocycles. The van der Waals surface area contributed by atoms with Crippen molar-refractivity contribution in [3.63, 3.8) is 0 Å². The first kappa shape index (κ1) is 34.6. The minimum atomic E-state index is -4.79. The Labute approximate surface area is 236 Å². The number of alkyl halides is 10. The number of para-hydroxylation sites is 1. The van der Waals surface area contributed by atoms with Crippen LogP contribution in [0.5, 0.6) is 11.5 Å². The number of benzene rings is 3. The van der Waals surface area contributed by atoms with Gasteiger partial charge in [-0.2, -0.15) is 30.7 Å². The Morgan fingerprint density at radius 3 is 1.98 bits per heavy atom. The van der Waals surface area contributed by atoms with Crippen LogP contribution in [0.15, 0.2) is 72.8 Å². The molecule has 13 heteroatoms. The summed E-state index contributed by atoms with van der Waals surface area (Å²) in [5.41, 5.74) is 2.78. The van der Waals surface area contributed by atoms with Gasteiger partial charge in [-0.1, -0.05) is 56.3 Å². The van der Waals surface area contributed by atoms with Gasteiger partial charge in [-0.3, -0.25) is 0 Å². The van der Waals surface area contributed by atoms with Crippen LogP contribution in [0.1, 0.15) is 32.3 Å². The van der Waals surface area contributed by atoms with Gasteiger partial charge in [-0.25, -0.2) is 0 Å². The number of nitrogens with zero attached hydrogens (tertiary/aromatic N) is 1. The second-order valence-electron chi connectivity index (χ2n) is 8.61. The minimum Gasteiger partial charge on any atom is -0.428 e. The van der Waals surface area contributed by atoms with Crippen molar-refractivity contribution in [1.29, 1.82) is 0 Å². The smallest absolute Gasteiger partial charge is 0.428 e. The number of anilines is 1. The van der Waals surface area contributed by atoms with E-state index in [0.29, 0.717) is 36.2 Å². The van der Waals surface area contributed by atoms with Gasteiger partial charge in [0.2, 0.25) is 0 Å². The molecule has 3 aromatic carbocycles. The molecule has 4 rings (SSSR count). The van der Waals surface area contributed by atoms with Crippen molar-refractivity contribution in [2.45, 2.75) is 58.2 Å². The van der Waals surface area contributed by atoms with Crippen molar-refractivity contribution < 1.29 is 53.4 Å². The lowest BCUT2D eigenvalue weighted by Crippen LogP contribution is -2.33. The highest BCUT2D eigenvalue weighted by Gasteiger charge is 2.43. The van der Waals surface area contributed by atoms with Crippen LogP contribution in [0.4, 0.5) is 49.6 Å². The Balaban J connectivity index is 0.000000345. The molecule has 0 radical (unpaired) electrons. The summed E-state index contributed by atoms with van der Waals surface area (Å²) < 4.78 is 131. The molecule has 1 aliphatic heterocycles. The van der Waals surface area contributed by atoms with Gasteiger partial charge in [0, 0.05) is 18.8 Å². The SMILES string of the molecule is CC.FC(F)(F)CCN1CCCc2c(-c3cccc(OC(F)(F)F)c3)cccc21.FC(F)C(F)(F)Oc1ccccc1. The molecule has 1 aliphatic rings. The zero-order valence-electron chi connectivity index (χ0n) is 22.6. The zero-order valence-corrected chi connectivity index (χ0v) is 22.6. The zero-order chi connectivity index (χ0) is 31.6. The van der Waals surface area contributed by atoms with E-state index in [4.69, 9.17) is 0 Å². The van der Waals surface area contributed by atoms with Crippen molar-refractivity contribution >= 4 is 5.69 Å². The van der Waals surface area contributed by atoms with Gasteiger partial charge in [-0.05, 0) is 59.9 Å². The quantitative estimate of drug-likeness (QED) is 0.248. The monoisotopic (exact) mass is 613 g/mol. The maximum atomic E-state index is 12.6. The van der Waals surface area contributed by atoms with Gasteiger partial charge in [0.05, 0.1) is 6.42 Å². The Hall–Kier alpha value is -3.64. The van der Waals surface area contributed by atoms with E-state index in [1.165, 1.54) is 42.5 Å². The van der Waals surface area contributed by atoms with Gasteiger partial charge >= 0.3 is 25.1 Å². The standard InChI is InChI=1S/C19H17F6NO.C8H6F4O.C2H6/c20-18(21,22)9-11-26-10-3-7-16-15(6-2-8-17(16)26)13-4-1-5-14(12-13)27-19(23,24)25;9-7(10)8(11,12)13-6-4-2-1-3-5-6;1-2/h1-2,4-6,8,12H,3,7,9-11H2;1-5,7H;1-2H3. The first-order valence-corrected chi connectivity index (χ1v) is 12.8. The number of hydrogen-bond donors (Lipinski definition) is 0. The molecule has 0 aliphatic carbocycles. The summed E-state index contributed by atoms with van der Waals surface area (Å²) in [6.45, 7) is 4.38. The topological polar surface area (TPSA) is 21.7 Å². The van der Waals surface area contributed by atoms with Crippen LogP contribution in [0.3, 0.4) is 0 Å². The van der Waals surface area contributed by atoms with Crippen LogP contribution in [0.2, 0.25) is 0 Å². The lowest BCUT2D eigenvalue weighted by atomic mass is 9.92. The summed E-state index contributed by atoms with van der Waals surface area (Å²) in [4.78, 5) is 1.69. The first-order valence-electron chi connectivity index (χ1n) is 12.8. The largest absolute Gasteiger partial charge is 0.573 e. The van der Waals surface area contributed by atoms with Gasteiger partial charge in [-0.15, -0.1) is 13.2 Å². The Bertz CT molecular complexity index is 1230. The predicted octanol–water partition coefficient (Wildman–Crippen LogP) is 9.91. The summed E-state index contributed by atoms with van der Waals surface area (Å²) >= 11 is 0. The van der Waals surface area contributed by atoms with Crippen molar-refractivity contribution in [1.82, 2.24) is 0 Å². The minimum absolute atomic E-state index is 0.142. The fourth-order valence-corrected chi connectivity index (χ4v) is 4.02. The molecule has 0 spiro atoms. The maximum Gasteiger partial charge on any atom is 0.573 e. The molecule has 3 nitrogen and oxygen atoms in total. The molecular weight excluding hydrogens is 584 g/mol. The van der Waals surface area contributed by atoms with Gasteiger partial charge in [0.1, 0.15) is 11.5 Å². The second-order valence-corrected chi connectivity index (χ2v) is 8.61. The van der Waals surface area contributed by atoms with Crippen molar-refractivity contribution in [3.8, 4) is 22.6 Å². The average Bonchev–Trinajstić information content (AvgIpc) is 2.92. The highest BCUT2D eigenvalue weighted by Crippen LogP contribution is 2.37. The molecule has 0 bridgehead atoms. The molecule has 0 N–H and O–H groups in total. The van der Waals surface area contributed by atoms with E-state index in [2.05, 4.69) is 9.47 Å². The van der Waals surface area contributed by atoms with Crippen molar-refractivity contribution in [2.24, 2.45) is 0 Å². The molecule has 3 aromatic rings. The fourth-order valence-electron chi connectivity index (χ4n) is 4.02. The molecule has 1 heterocycles. The van der Waals surface area contributed by atoms with Gasteiger partial charge in [0.25, 0.3) is 0 Å². The number of hydrogen-bond acceptors (Lipinski definition) is 3. The van der Waals surface area contributed by atoms with E-state index in [1.807, 2.05) is 13.8 Å². The second kappa shape index (κ2) is 15.0. The Kier molecular flexibility index (Phi) is 12.4. The van der Waals surface area contributed by atoms with E-state index in [9.17, 15) is 43.9 Å².